The quantitative estimate of drug-likeness (QED) is 0.807. The van der Waals surface area contributed by atoms with Crippen LogP contribution in [0, 0.1) is 0 Å². The summed E-state index contributed by atoms with van der Waals surface area (Å²) in [5.41, 5.74) is 4.56. The molecule has 1 unspecified atom stereocenters. The van der Waals surface area contributed by atoms with Gasteiger partial charge in [-0.15, -0.1) is 0 Å². The van der Waals surface area contributed by atoms with Gasteiger partial charge in [0.05, 0.1) is 0 Å². The van der Waals surface area contributed by atoms with Gasteiger partial charge in [-0.25, -0.2) is 0 Å². The minimum atomic E-state index is 0.704. The van der Waals surface area contributed by atoms with Gasteiger partial charge in [0.2, 0.25) is 0 Å². The van der Waals surface area contributed by atoms with E-state index in [0.29, 0.717) is 5.92 Å². The highest BCUT2D eigenvalue weighted by molar-refractivity contribution is 5.32. The van der Waals surface area contributed by atoms with Crippen molar-refractivity contribution in [3.63, 3.8) is 0 Å². The van der Waals surface area contributed by atoms with Crippen molar-refractivity contribution in [2.45, 2.75) is 31.6 Å². The molecule has 2 aromatic carbocycles. The molecule has 3 rings (SSSR count). The number of hydrogen-bond donors (Lipinski definition) is 1. The lowest BCUT2D eigenvalue weighted by Gasteiger charge is -2.25. The Morgan fingerprint density at radius 3 is 2.65 bits per heavy atom. The minimum absolute atomic E-state index is 0.704. The third-order valence-corrected chi connectivity index (χ3v) is 4.32. The molecule has 1 heteroatoms. The molecule has 0 bridgehead atoms. The molecule has 0 radical (unpaired) electrons. The molecule has 0 aromatic heterocycles. The summed E-state index contributed by atoms with van der Waals surface area (Å²) in [6, 6.07) is 19.7. The Labute approximate surface area is 122 Å². The lowest BCUT2D eigenvalue weighted by atomic mass is 9.83. The normalized spacial score (nSPS) is 17.7. The molecular weight excluding hydrogens is 242 g/mol. The summed E-state index contributed by atoms with van der Waals surface area (Å²) in [6.07, 6.45) is 5.04. The second-order valence-electron chi connectivity index (χ2n) is 5.73. The first-order chi connectivity index (χ1) is 9.93. The second-order valence-corrected chi connectivity index (χ2v) is 5.73. The summed E-state index contributed by atoms with van der Waals surface area (Å²) in [5.74, 6) is 0.704. The standard InChI is InChI=1S/C19H23N/c1-2-7-16(8-3-1)13-14-20-15-18-11-6-10-17-9-4-5-12-19(17)18/h1-5,7-9,12,18,20H,6,10-11,13-15H2. The molecule has 2 aromatic rings. The van der Waals surface area contributed by atoms with Gasteiger partial charge in [0, 0.05) is 6.54 Å². The number of nitrogens with one attached hydrogen (secondary N) is 1. The predicted molar refractivity (Wildman–Crippen MR) is 85.1 cm³/mol. The van der Waals surface area contributed by atoms with E-state index in [1.807, 2.05) is 0 Å². The molecule has 104 valence electrons. The summed E-state index contributed by atoms with van der Waals surface area (Å²) in [7, 11) is 0. The van der Waals surface area contributed by atoms with Crippen molar-refractivity contribution in [2.75, 3.05) is 13.1 Å². The molecule has 0 heterocycles. The number of aryl methyl sites for hydroxylation is 1. The Morgan fingerprint density at radius 2 is 1.75 bits per heavy atom. The van der Waals surface area contributed by atoms with Crippen LogP contribution in [0.5, 0.6) is 0 Å². The fourth-order valence-corrected chi connectivity index (χ4v) is 3.22. The van der Waals surface area contributed by atoms with Crippen LogP contribution in [0.2, 0.25) is 0 Å². The Morgan fingerprint density at radius 1 is 0.950 bits per heavy atom. The SMILES string of the molecule is c1ccc(CCNCC2CCCc3ccccc32)cc1. The summed E-state index contributed by atoms with van der Waals surface area (Å²) in [6.45, 7) is 2.19. The van der Waals surface area contributed by atoms with Gasteiger partial charge in [-0.3, -0.25) is 0 Å². The zero-order chi connectivity index (χ0) is 13.6. The lowest BCUT2D eigenvalue weighted by Crippen LogP contribution is -2.26. The van der Waals surface area contributed by atoms with Gasteiger partial charge in [-0.2, -0.15) is 0 Å². The molecule has 1 nitrogen and oxygen atoms in total. The lowest BCUT2D eigenvalue weighted by molar-refractivity contribution is 0.509. The fraction of sp³-hybridized carbons (Fsp3) is 0.368. The second kappa shape index (κ2) is 6.71. The van der Waals surface area contributed by atoms with Crippen LogP contribution in [0.3, 0.4) is 0 Å². The summed E-state index contributed by atoms with van der Waals surface area (Å²) < 4.78 is 0. The maximum Gasteiger partial charge on any atom is 0.00203 e. The van der Waals surface area contributed by atoms with Crippen molar-refractivity contribution < 1.29 is 0 Å². The highest BCUT2D eigenvalue weighted by Crippen LogP contribution is 2.30. The van der Waals surface area contributed by atoms with Gasteiger partial charge in [0.1, 0.15) is 0 Å². The van der Waals surface area contributed by atoms with Crippen LogP contribution in [0.4, 0.5) is 0 Å². The molecule has 0 amide bonds. The highest BCUT2D eigenvalue weighted by atomic mass is 14.9. The molecule has 0 aliphatic heterocycles. The Kier molecular flexibility index (Phi) is 4.49. The average molecular weight is 265 g/mol. The van der Waals surface area contributed by atoms with Gasteiger partial charge >= 0.3 is 0 Å². The molecular formula is C19H23N. The van der Waals surface area contributed by atoms with Gasteiger partial charge in [0.25, 0.3) is 0 Å². The van der Waals surface area contributed by atoms with Crippen LogP contribution in [0.25, 0.3) is 0 Å². The van der Waals surface area contributed by atoms with E-state index in [-0.39, 0.29) is 0 Å². The molecule has 1 aliphatic carbocycles. The highest BCUT2D eigenvalue weighted by Gasteiger charge is 2.18. The van der Waals surface area contributed by atoms with E-state index in [4.69, 9.17) is 0 Å². The Balaban J connectivity index is 1.50. The van der Waals surface area contributed by atoms with E-state index in [0.717, 1.165) is 19.5 Å². The minimum Gasteiger partial charge on any atom is -0.316 e. The van der Waals surface area contributed by atoms with Gasteiger partial charge in [0.15, 0.2) is 0 Å². The van der Waals surface area contributed by atoms with Crippen molar-refractivity contribution in [3.8, 4) is 0 Å². The zero-order valence-corrected chi connectivity index (χ0v) is 12.0. The third kappa shape index (κ3) is 3.29. The molecule has 0 spiro atoms. The zero-order valence-electron chi connectivity index (χ0n) is 12.0. The molecule has 0 saturated heterocycles. The first kappa shape index (κ1) is 13.4. The fourth-order valence-electron chi connectivity index (χ4n) is 3.22. The molecule has 0 saturated carbocycles. The van der Waals surface area contributed by atoms with E-state index in [2.05, 4.69) is 59.9 Å². The monoisotopic (exact) mass is 265 g/mol. The number of benzene rings is 2. The van der Waals surface area contributed by atoms with Crippen LogP contribution >= 0.6 is 0 Å². The van der Waals surface area contributed by atoms with Crippen LogP contribution in [-0.2, 0) is 12.8 Å². The summed E-state index contributed by atoms with van der Waals surface area (Å²) in [5, 5.41) is 3.64. The van der Waals surface area contributed by atoms with Gasteiger partial charge in [-0.05, 0) is 54.8 Å². The van der Waals surface area contributed by atoms with Crippen LogP contribution in [-0.4, -0.2) is 13.1 Å². The van der Waals surface area contributed by atoms with E-state index in [1.165, 1.54) is 24.8 Å². The molecule has 0 fully saturated rings. The Hall–Kier alpha value is -1.60. The molecule has 20 heavy (non-hydrogen) atoms. The number of fused-ring (bicyclic) bond motifs is 1. The maximum atomic E-state index is 3.64. The molecule has 1 atom stereocenters. The van der Waals surface area contributed by atoms with Crippen molar-refractivity contribution >= 4 is 0 Å². The van der Waals surface area contributed by atoms with E-state index in [9.17, 15) is 0 Å². The van der Waals surface area contributed by atoms with Crippen molar-refractivity contribution in [3.05, 3.63) is 71.3 Å². The van der Waals surface area contributed by atoms with E-state index >= 15 is 0 Å². The van der Waals surface area contributed by atoms with Crippen molar-refractivity contribution in [1.82, 2.24) is 5.32 Å². The maximum absolute atomic E-state index is 3.64. The van der Waals surface area contributed by atoms with Crippen LogP contribution < -0.4 is 5.32 Å². The molecule has 1 N–H and O–H groups in total. The Bertz CT molecular complexity index is 532. The van der Waals surface area contributed by atoms with Crippen LogP contribution in [0.15, 0.2) is 54.6 Å². The van der Waals surface area contributed by atoms with Gasteiger partial charge < -0.3 is 5.32 Å². The molecule has 1 aliphatic rings. The topological polar surface area (TPSA) is 12.0 Å². The van der Waals surface area contributed by atoms with Gasteiger partial charge in [-0.1, -0.05) is 54.6 Å². The predicted octanol–water partition coefficient (Wildman–Crippen LogP) is 3.94. The van der Waals surface area contributed by atoms with Crippen molar-refractivity contribution in [1.29, 1.82) is 0 Å². The van der Waals surface area contributed by atoms with Crippen LogP contribution in [0.1, 0.15) is 35.4 Å². The largest absolute Gasteiger partial charge is 0.316 e. The number of hydrogen-bond acceptors (Lipinski definition) is 1. The first-order valence-electron chi connectivity index (χ1n) is 7.76. The number of rotatable bonds is 5. The summed E-state index contributed by atoms with van der Waals surface area (Å²) >= 11 is 0. The average Bonchev–Trinajstić information content (AvgIpc) is 2.53. The van der Waals surface area contributed by atoms with E-state index < -0.39 is 0 Å². The van der Waals surface area contributed by atoms with Crippen molar-refractivity contribution in [2.24, 2.45) is 0 Å². The summed E-state index contributed by atoms with van der Waals surface area (Å²) in [4.78, 5) is 0. The van der Waals surface area contributed by atoms with E-state index in [1.54, 1.807) is 11.1 Å². The smallest absolute Gasteiger partial charge is 0.00203 e. The first-order valence-corrected chi connectivity index (χ1v) is 7.76. The third-order valence-electron chi connectivity index (χ3n) is 4.32.